The van der Waals surface area contributed by atoms with Gasteiger partial charge in [-0.1, -0.05) is 13.8 Å². The summed E-state index contributed by atoms with van der Waals surface area (Å²) in [7, 11) is 0. The smallest absolute Gasteiger partial charge is 0.0487 e. The Balaban J connectivity index is 2.82. The van der Waals surface area contributed by atoms with Crippen molar-refractivity contribution in [3.63, 3.8) is 0 Å². The molecule has 3 heteroatoms. The maximum absolute atomic E-state index is 8.68. The molecule has 0 amide bonds. The third-order valence-electron chi connectivity index (χ3n) is 3.54. The van der Waals surface area contributed by atoms with Gasteiger partial charge in [0.1, 0.15) is 0 Å². The SMILES string of the molecule is CC1(C)CCCN(OO)C1(C)C. The summed E-state index contributed by atoms with van der Waals surface area (Å²) in [6.45, 7) is 9.42. The van der Waals surface area contributed by atoms with Gasteiger partial charge in [-0.25, -0.2) is 5.26 Å². The second-order valence-electron chi connectivity index (χ2n) is 4.73. The van der Waals surface area contributed by atoms with Gasteiger partial charge in [-0.15, -0.1) is 4.99 Å². The molecule has 0 radical (unpaired) electrons. The summed E-state index contributed by atoms with van der Waals surface area (Å²) in [5.41, 5.74) is 0.0912. The van der Waals surface area contributed by atoms with E-state index in [4.69, 9.17) is 5.26 Å². The van der Waals surface area contributed by atoms with Crippen molar-refractivity contribution in [1.29, 1.82) is 0 Å². The van der Waals surface area contributed by atoms with Crippen LogP contribution in [0.1, 0.15) is 40.5 Å². The maximum Gasteiger partial charge on any atom is 0.0487 e. The first-order chi connectivity index (χ1) is 5.42. The molecule has 0 spiro atoms. The number of rotatable bonds is 1. The predicted molar refractivity (Wildman–Crippen MR) is 47.5 cm³/mol. The fourth-order valence-corrected chi connectivity index (χ4v) is 1.73. The van der Waals surface area contributed by atoms with E-state index >= 15 is 0 Å². The Morgan fingerprint density at radius 1 is 1.25 bits per heavy atom. The third-order valence-corrected chi connectivity index (χ3v) is 3.54. The van der Waals surface area contributed by atoms with E-state index < -0.39 is 0 Å². The lowest BCUT2D eigenvalue weighted by Gasteiger charge is -2.50. The van der Waals surface area contributed by atoms with E-state index in [1.165, 1.54) is 6.42 Å². The van der Waals surface area contributed by atoms with Crippen LogP contribution in [-0.4, -0.2) is 22.4 Å². The molecule has 0 aromatic carbocycles. The Labute approximate surface area is 74.2 Å². The van der Waals surface area contributed by atoms with Gasteiger partial charge in [0.25, 0.3) is 0 Å². The largest absolute Gasteiger partial charge is 0.233 e. The predicted octanol–water partition coefficient (Wildman–Crippen LogP) is 2.29. The maximum atomic E-state index is 8.68. The first-order valence-electron chi connectivity index (χ1n) is 4.51. The summed E-state index contributed by atoms with van der Waals surface area (Å²) in [6, 6.07) is 0. The van der Waals surface area contributed by atoms with E-state index in [9.17, 15) is 0 Å². The lowest BCUT2D eigenvalue weighted by molar-refractivity contribution is -0.436. The van der Waals surface area contributed by atoms with Gasteiger partial charge in [-0.2, -0.15) is 5.06 Å². The monoisotopic (exact) mass is 173 g/mol. The molecule has 0 bridgehead atoms. The number of piperidine rings is 1. The highest BCUT2D eigenvalue weighted by Crippen LogP contribution is 2.42. The van der Waals surface area contributed by atoms with Crippen LogP contribution in [0, 0.1) is 5.41 Å². The van der Waals surface area contributed by atoms with E-state index in [1.54, 1.807) is 5.06 Å². The van der Waals surface area contributed by atoms with E-state index in [2.05, 4.69) is 32.7 Å². The molecule has 12 heavy (non-hydrogen) atoms. The second kappa shape index (κ2) is 2.98. The normalized spacial score (nSPS) is 28.8. The van der Waals surface area contributed by atoms with Crippen molar-refractivity contribution in [3.8, 4) is 0 Å². The van der Waals surface area contributed by atoms with Crippen molar-refractivity contribution in [1.82, 2.24) is 5.06 Å². The Kier molecular flexibility index (Phi) is 2.47. The molecule has 1 rings (SSSR count). The van der Waals surface area contributed by atoms with Gasteiger partial charge in [0, 0.05) is 12.1 Å². The zero-order valence-electron chi connectivity index (χ0n) is 8.42. The molecule has 1 heterocycles. The molecular weight excluding hydrogens is 154 g/mol. The van der Waals surface area contributed by atoms with Crippen molar-refractivity contribution in [2.45, 2.75) is 46.1 Å². The molecule has 1 N–H and O–H groups in total. The van der Waals surface area contributed by atoms with E-state index in [0.29, 0.717) is 0 Å². The van der Waals surface area contributed by atoms with Gasteiger partial charge in [0.2, 0.25) is 0 Å². The lowest BCUT2D eigenvalue weighted by Crippen LogP contribution is -2.56. The van der Waals surface area contributed by atoms with Crippen molar-refractivity contribution in [2.75, 3.05) is 6.54 Å². The Hall–Kier alpha value is -0.120. The van der Waals surface area contributed by atoms with Crippen LogP contribution < -0.4 is 0 Å². The molecule has 1 fully saturated rings. The minimum absolute atomic E-state index is 0.0972. The van der Waals surface area contributed by atoms with Gasteiger partial charge >= 0.3 is 0 Å². The molecule has 0 saturated carbocycles. The van der Waals surface area contributed by atoms with Gasteiger partial charge in [0.15, 0.2) is 0 Å². The molecule has 1 saturated heterocycles. The van der Waals surface area contributed by atoms with Crippen molar-refractivity contribution >= 4 is 0 Å². The van der Waals surface area contributed by atoms with Gasteiger partial charge in [-0.3, -0.25) is 0 Å². The summed E-state index contributed by atoms with van der Waals surface area (Å²) < 4.78 is 0. The number of hydroxylamine groups is 2. The molecule has 1 aliphatic rings. The highest BCUT2D eigenvalue weighted by atomic mass is 17.2. The first-order valence-corrected chi connectivity index (χ1v) is 4.51. The molecule has 0 aromatic heterocycles. The second-order valence-corrected chi connectivity index (χ2v) is 4.73. The molecule has 1 aliphatic heterocycles. The molecule has 0 aromatic rings. The molecule has 3 nitrogen and oxygen atoms in total. The van der Waals surface area contributed by atoms with Crippen molar-refractivity contribution in [3.05, 3.63) is 0 Å². The molecule has 0 atom stereocenters. The zero-order valence-corrected chi connectivity index (χ0v) is 8.42. The van der Waals surface area contributed by atoms with E-state index in [0.717, 1.165) is 13.0 Å². The topological polar surface area (TPSA) is 32.7 Å². The fraction of sp³-hybridized carbons (Fsp3) is 1.00. The first kappa shape index (κ1) is 9.96. The van der Waals surface area contributed by atoms with Crippen LogP contribution in [0.15, 0.2) is 0 Å². The van der Waals surface area contributed by atoms with E-state index in [1.807, 2.05) is 0 Å². The van der Waals surface area contributed by atoms with Crippen LogP contribution in [0.3, 0.4) is 0 Å². The van der Waals surface area contributed by atoms with Gasteiger partial charge in [0.05, 0.1) is 0 Å². The third kappa shape index (κ3) is 1.37. The summed E-state index contributed by atoms with van der Waals surface area (Å²) in [5.74, 6) is 0. The van der Waals surface area contributed by atoms with Crippen LogP contribution in [0.5, 0.6) is 0 Å². The van der Waals surface area contributed by atoms with Crippen LogP contribution in [0.25, 0.3) is 0 Å². The van der Waals surface area contributed by atoms with E-state index in [-0.39, 0.29) is 11.0 Å². The summed E-state index contributed by atoms with van der Waals surface area (Å²) in [4.78, 5) is 4.38. The quantitative estimate of drug-likeness (QED) is 0.488. The number of nitrogens with zero attached hydrogens (tertiary/aromatic N) is 1. The van der Waals surface area contributed by atoms with Crippen LogP contribution in [0.2, 0.25) is 0 Å². The Morgan fingerprint density at radius 3 is 2.25 bits per heavy atom. The van der Waals surface area contributed by atoms with Crippen molar-refractivity contribution in [2.24, 2.45) is 5.41 Å². The standard InChI is InChI=1S/C9H19NO2/c1-8(2)6-5-7-10(12-11)9(8,3)4/h11H,5-7H2,1-4H3. The Bertz CT molecular complexity index is 166. The lowest BCUT2D eigenvalue weighted by atomic mass is 9.69. The Morgan fingerprint density at radius 2 is 1.83 bits per heavy atom. The fourth-order valence-electron chi connectivity index (χ4n) is 1.73. The molecule has 0 unspecified atom stereocenters. The molecule has 72 valence electrons. The number of hydrogen-bond acceptors (Lipinski definition) is 3. The average molecular weight is 173 g/mol. The molecular formula is C9H19NO2. The van der Waals surface area contributed by atoms with Crippen LogP contribution in [0.4, 0.5) is 0 Å². The summed E-state index contributed by atoms with van der Waals surface area (Å²) in [5, 5.41) is 10.3. The highest BCUT2D eigenvalue weighted by molar-refractivity contribution is 4.95. The minimum Gasteiger partial charge on any atom is -0.233 e. The van der Waals surface area contributed by atoms with Crippen LogP contribution in [-0.2, 0) is 4.99 Å². The molecule has 0 aliphatic carbocycles. The van der Waals surface area contributed by atoms with Gasteiger partial charge < -0.3 is 0 Å². The zero-order chi connectivity index (χ0) is 9.41. The number of hydrogen-bond donors (Lipinski definition) is 1. The van der Waals surface area contributed by atoms with Crippen molar-refractivity contribution < 1.29 is 10.2 Å². The average Bonchev–Trinajstić information content (AvgIpc) is 1.95. The van der Waals surface area contributed by atoms with Crippen LogP contribution >= 0.6 is 0 Å². The van der Waals surface area contributed by atoms with Gasteiger partial charge in [-0.05, 0) is 32.1 Å². The summed E-state index contributed by atoms with van der Waals surface area (Å²) in [6.07, 6.45) is 2.26. The minimum atomic E-state index is -0.0972. The highest BCUT2D eigenvalue weighted by Gasteiger charge is 2.45. The summed E-state index contributed by atoms with van der Waals surface area (Å²) >= 11 is 0.